The largest absolute Gasteiger partial charge is 0.481 e. The normalized spacial score (nSPS) is 40.4. The lowest BCUT2D eigenvalue weighted by atomic mass is 9.99. The Kier molecular flexibility index (Phi) is 1.28. The van der Waals surface area contributed by atoms with Gasteiger partial charge in [0.25, 0.3) is 0 Å². The van der Waals surface area contributed by atoms with Crippen LogP contribution in [0.25, 0.3) is 0 Å². The first-order valence-electron chi connectivity index (χ1n) is 3.93. The van der Waals surface area contributed by atoms with Crippen LogP contribution in [0.1, 0.15) is 19.3 Å². The Hall–Kier alpha value is -0.860. The van der Waals surface area contributed by atoms with Crippen LogP contribution in [-0.2, 0) is 9.59 Å². The summed E-state index contributed by atoms with van der Waals surface area (Å²) < 4.78 is 0. The lowest BCUT2D eigenvalue weighted by Gasteiger charge is -2.05. The van der Waals surface area contributed by atoms with Crippen LogP contribution in [0.4, 0.5) is 0 Å². The van der Waals surface area contributed by atoms with Crippen molar-refractivity contribution in [3.8, 4) is 0 Å². The van der Waals surface area contributed by atoms with Gasteiger partial charge in [0.15, 0.2) is 0 Å². The van der Waals surface area contributed by atoms with E-state index < -0.39 is 5.97 Å². The van der Waals surface area contributed by atoms with Crippen LogP contribution in [0.2, 0.25) is 0 Å². The van der Waals surface area contributed by atoms with Crippen molar-refractivity contribution in [2.75, 3.05) is 0 Å². The third-order valence-corrected chi connectivity index (χ3v) is 2.77. The zero-order valence-electron chi connectivity index (χ0n) is 6.12. The molecule has 0 aromatic heterocycles. The Bertz CT molecular complexity index is 221. The number of Topliss-reactive ketones (excluding diaryl/α,β-unsaturated/α-hetero) is 1. The zero-order chi connectivity index (χ0) is 8.01. The van der Waals surface area contributed by atoms with Gasteiger partial charge in [-0.1, -0.05) is 0 Å². The van der Waals surface area contributed by atoms with Crippen LogP contribution >= 0.6 is 0 Å². The van der Waals surface area contributed by atoms with Gasteiger partial charge in [0.05, 0.1) is 6.42 Å². The molecule has 0 saturated heterocycles. The summed E-state index contributed by atoms with van der Waals surface area (Å²) in [7, 11) is 0. The minimum atomic E-state index is -0.837. The molecule has 0 bridgehead atoms. The Morgan fingerprint density at radius 3 is 2.82 bits per heavy atom. The minimum Gasteiger partial charge on any atom is -0.481 e. The van der Waals surface area contributed by atoms with Crippen LogP contribution in [0.3, 0.4) is 0 Å². The summed E-state index contributed by atoms with van der Waals surface area (Å²) in [5.74, 6) is 0.174. The molecular formula is C8H10O3. The quantitative estimate of drug-likeness (QED) is 0.636. The minimum absolute atomic E-state index is 0.0556. The van der Waals surface area contributed by atoms with Gasteiger partial charge in [0.1, 0.15) is 5.78 Å². The van der Waals surface area contributed by atoms with Crippen LogP contribution in [0.5, 0.6) is 0 Å². The topological polar surface area (TPSA) is 54.4 Å². The first-order chi connectivity index (χ1) is 5.18. The van der Waals surface area contributed by atoms with E-state index in [1.807, 2.05) is 0 Å². The summed E-state index contributed by atoms with van der Waals surface area (Å²) in [6.45, 7) is 0. The molecule has 2 saturated carbocycles. The van der Waals surface area contributed by atoms with Crippen molar-refractivity contribution in [1.82, 2.24) is 0 Å². The second-order valence-electron chi connectivity index (χ2n) is 3.53. The van der Waals surface area contributed by atoms with Crippen molar-refractivity contribution in [2.24, 2.45) is 17.8 Å². The number of ketones is 1. The monoisotopic (exact) mass is 154 g/mol. The highest BCUT2D eigenvalue weighted by Gasteiger charge is 2.53. The van der Waals surface area contributed by atoms with Gasteiger partial charge in [-0.15, -0.1) is 0 Å². The van der Waals surface area contributed by atoms with Gasteiger partial charge in [0, 0.05) is 12.3 Å². The Morgan fingerprint density at radius 1 is 1.64 bits per heavy atom. The fourth-order valence-corrected chi connectivity index (χ4v) is 2.10. The fourth-order valence-electron chi connectivity index (χ4n) is 2.10. The maximum Gasteiger partial charge on any atom is 0.304 e. The number of fused-ring (bicyclic) bond motifs is 1. The summed E-state index contributed by atoms with van der Waals surface area (Å²) in [4.78, 5) is 21.4. The van der Waals surface area contributed by atoms with Gasteiger partial charge in [-0.25, -0.2) is 0 Å². The smallest absolute Gasteiger partial charge is 0.304 e. The molecule has 2 aliphatic rings. The highest BCUT2D eigenvalue weighted by atomic mass is 16.4. The number of carboxylic acids is 1. The van der Waals surface area contributed by atoms with Gasteiger partial charge < -0.3 is 5.11 Å². The summed E-state index contributed by atoms with van der Waals surface area (Å²) in [6.07, 6.45) is 1.78. The number of aliphatic carboxylic acids is 1. The molecule has 3 atom stereocenters. The molecule has 2 rings (SSSR count). The SMILES string of the molecule is O=C(O)CC1C(=O)CC2CC21. The molecule has 2 fully saturated rings. The predicted octanol–water partition coefficient (Wildman–Crippen LogP) is 0.686. The van der Waals surface area contributed by atoms with Crippen molar-refractivity contribution in [1.29, 1.82) is 0 Å². The summed E-state index contributed by atoms with van der Waals surface area (Å²) in [5.41, 5.74) is 0. The second-order valence-corrected chi connectivity index (χ2v) is 3.53. The number of carboxylic acid groups (broad SMARTS) is 1. The average Bonchev–Trinajstić information content (AvgIpc) is 2.56. The molecule has 0 aromatic carbocycles. The van der Waals surface area contributed by atoms with Crippen molar-refractivity contribution < 1.29 is 14.7 Å². The standard InChI is InChI=1S/C8H10O3/c9-7-2-4-1-5(4)6(7)3-8(10)11/h4-6H,1-3H2,(H,10,11). The van der Waals surface area contributed by atoms with Crippen LogP contribution in [0, 0.1) is 17.8 Å². The molecule has 0 amide bonds. The molecule has 11 heavy (non-hydrogen) atoms. The summed E-state index contributed by atoms with van der Waals surface area (Å²) in [6, 6.07) is 0. The molecule has 0 radical (unpaired) electrons. The zero-order valence-corrected chi connectivity index (χ0v) is 6.12. The number of hydrogen-bond acceptors (Lipinski definition) is 2. The maximum atomic E-state index is 11.1. The van der Waals surface area contributed by atoms with Crippen LogP contribution < -0.4 is 0 Å². The van der Waals surface area contributed by atoms with Gasteiger partial charge in [-0.05, 0) is 18.3 Å². The van der Waals surface area contributed by atoms with Gasteiger partial charge in [-0.2, -0.15) is 0 Å². The predicted molar refractivity (Wildman–Crippen MR) is 37.0 cm³/mol. The van der Waals surface area contributed by atoms with Crippen molar-refractivity contribution in [3.05, 3.63) is 0 Å². The summed E-state index contributed by atoms with van der Waals surface area (Å²) in [5, 5.41) is 8.48. The van der Waals surface area contributed by atoms with E-state index in [2.05, 4.69) is 0 Å². The summed E-state index contributed by atoms with van der Waals surface area (Å²) >= 11 is 0. The molecule has 60 valence electrons. The lowest BCUT2D eigenvalue weighted by molar-refractivity contribution is -0.140. The highest BCUT2D eigenvalue weighted by molar-refractivity contribution is 5.88. The fraction of sp³-hybridized carbons (Fsp3) is 0.750. The molecule has 3 nitrogen and oxygen atoms in total. The number of hydrogen-bond donors (Lipinski definition) is 1. The lowest BCUT2D eigenvalue weighted by Crippen LogP contribution is -2.15. The molecule has 2 aliphatic carbocycles. The Morgan fingerprint density at radius 2 is 2.36 bits per heavy atom. The Labute approximate surface area is 64.4 Å². The van der Waals surface area contributed by atoms with E-state index in [4.69, 9.17) is 5.11 Å². The highest BCUT2D eigenvalue weighted by Crippen LogP contribution is 2.54. The molecule has 0 spiro atoms. The second kappa shape index (κ2) is 2.06. The van der Waals surface area contributed by atoms with Crippen molar-refractivity contribution in [3.63, 3.8) is 0 Å². The van der Waals surface area contributed by atoms with Crippen molar-refractivity contribution in [2.45, 2.75) is 19.3 Å². The van der Waals surface area contributed by atoms with E-state index in [-0.39, 0.29) is 18.1 Å². The van der Waals surface area contributed by atoms with Gasteiger partial charge >= 0.3 is 5.97 Å². The molecule has 0 heterocycles. The molecular weight excluding hydrogens is 144 g/mol. The Balaban J connectivity index is 2.01. The first kappa shape index (κ1) is 6.83. The molecule has 3 unspecified atom stereocenters. The van der Waals surface area contributed by atoms with Crippen LogP contribution in [0.15, 0.2) is 0 Å². The van der Waals surface area contributed by atoms with E-state index >= 15 is 0 Å². The van der Waals surface area contributed by atoms with E-state index in [0.717, 1.165) is 6.42 Å². The third-order valence-electron chi connectivity index (χ3n) is 2.77. The molecule has 0 aromatic rings. The van der Waals surface area contributed by atoms with E-state index in [1.165, 1.54) is 0 Å². The van der Waals surface area contributed by atoms with Gasteiger partial charge in [0.2, 0.25) is 0 Å². The van der Waals surface area contributed by atoms with Crippen LogP contribution in [-0.4, -0.2) is 16.9 Å². The maximum absolute atomic E-state index is 11.1. The van der Waals surface area contributed by atoms with Gasteiger partial charge in [-0.3, -0.25) is 9.59 Å². The average molecular weight is 154 g/mol. The third kappa shape index (κ3) is 1.04. The van der Waals surface area contributed by atoms with Crippen molar-refractivity contribution >= 4 is 11.8 Å². The first-order valence-corrected chi connectivity index (χ1v) is 3.93. The molecule has 3 heteroatoms. The van der Waals surface area contributed by atoms with E-state index in [0.29, 0.717) is 18.3 Å². The number of carbonyl (C=O) groups excluding carboxylic acids is 1. The van der Waals surface area contributed by atoms with E-state index in [9.17, 15) is 9.59 Å². The number of carbonyl (C=O) groups is 2. The molecule has 1 N–H and O–H groups in total. The molecule has 0 aliphatic heterocycles. The number of rotatable bonds is 2. The van der Waals surface area contributed by atoms with E-state index in [1.54, 1.807) is 0 Å².